The van der Waals surface area contributed by atoms with Crippen LogP contribution in [0.4, 0.5) is 9.18 Å². The van der Waals surface area contributed by atoms with Crippen LogP contribution >= 0.6 is 0 Å². The van der Waals surface area contributed by atoms with Crippen molar-refractivity contribution in [2.45, 2.75) is 6.54 Å². The number of piperazine rings is 1. The van der Waals surface area contributed by atoms with Gasteiger partial charge in [0.1, 0.15) is 11.6 Å². The quantitative estimate of drug-likeness (QED) is 0.898. The summed E-state index contributed by atoms with van der Waals surface area (Å²) in [6, 6.07) is 13.4. The minimum absolute atomic E-state index is 0.158. The molecular formula is C20H22FN3O3. The predicted molar refractivity (Wildman–Crippen MR) is 99.1 cm³/mol. The van der Waals surface area contributed by atoms with Crippen LogP contribution < -0.4 is 10.1 Å². The zero-order valence-electron chi connectivity index (χ0n) is 15.2. The Kier molecular flexibility index (Phi) is 5.90. The molecule has 2 aromatic carbocycles. The van der Waals surface area contributed by atoms with Crippen LogP contribution in [0.2, 0.25) is 0 Å². The van der Waals surface area contributed by atoms with Crippen LogP contribution in [0.15, 0.2) is 48.5 Å². The molecule has 1 aliphatic heterocycles. The number of benzene rings is 2. The van der Waals surface area contributed by atoms with Gasteiger partial charge in [-0.2, -0.15) is 0 Å². The Bertz CT molecular complexity index is 805. The highest BCUT2D eigenvalue weighted by molar-refractivity contribution is 5.97. The number of nitrogens with zero attached hydrogens (tertiary/aromatic N) is 2. The molecule has 0 bridgehead atoms. The molecule has 0 radical (unpaired) electrons. The summed E-state index contributed by atoms with van der Waals surface area (Å²) in [4.78, 5) is 28.3. The van der Waals surface area contributed by atoms with Crippen LogP contribution in [-0.2, 0) is 6.54 Å². The lowest BCUT2D eigenvalue weighted by molar-refractivity contribution is 0.0661. The summed E-state index contributed by atoms with van der Waals surface area (Å²) in [7, 11) is 1.44. The van der Waals surface area contributed by atoms with Crippen molar-refractivity contribution in [3.63, 3.8) is 0 Å². The van der Waals surface area contributed by atoms with E-state index in [1.807, 2.05) is 30.3 Å². The van der Waals surface area contributed by atoms with E-state index in [0.29, 0.717) is 38.5 Å². The van der Waals surface area contributed by atoms with Crippen LogP contribution in [0.1, 0.15) is 15.9 Å². The van der Waals surface area contributed by atoms with Gasteiger partial charge in [-0.1, -0.05) is 30.3 Å². The second kappa shape index (κ2) is 8.53. The molecule has 3 amide bonds. The fourth-order valence-corrected chi connectivity index (χ4v) is 3.02. The van der Waals surface area contributed by atoms with Crippen molar-refractivity contribution >= 4 is 11.9 Å². The number of hydrogen-bond donors (Lipinski definition) is 1. The lowest BCUT2D eigenvalue weighted by Gasteiger charge is -2.35. The molecule has 0 unspecified atom stereocenters. The van der Waals surface area contributed by atoms with E-state index >= 15 is 0 Å². The highest BCUT2D eigenvalue weighted by Gasteiger charge is 2.26. The zero-order valence-corrected chi connectivity index (χ0v) is 15.2. The molecule has 1 fully saturated rings. The first-order chi connectivity index (χ1) is 13.1. The van der Waals surface area contributed by atoms with Crippen molar-refractivity contribution < 1.29 is 18.7 Å². The minimum atomic E-state index is -0.488. The summed E-state index contributed by atoms with van der Waals surface area (Å²) < 4.78 is 18.7. The molecular weight excluding hydrogens is 349 g/mol. The molecule has 1 N–H and O–H groups in total. The van der Waals surface area contributed by atoms with E-state index in [4.69, 9.17) is 4.74 Å². The molecule has 6 nitrogen and oxygen atoms in total. The van der Waals surface area contributed by atoms with Crippen molar-refractivity contribution in [3.8, 4) is 5.75 Å². The predicted octanol–water partition coefficient (Wildman–Crippen LogP) is 2.50. The molecule has 142 valence electrons. The van der Waals surface area contributed by atoms with Gasteiger partial charge in [0.05, 0.1) is 12.7 Å². The lowest BCUT2D eigenvalue weighted by Crippen LogP contribution is -2.53. The second-order valence-electron chi connectivity index (χ2n) is 6.27. The van der Waals surface area contributed by atoms with Crippen molar-refractivity contribution in [2.24, 2.45) is 0 Å². The molecule has 1 heterocycles. The van der Waals surface area contributed by atoms with Gasteiger partial charge in [-0.05, 0) is 23.8 Å². The molecule has 27 heavy (non-hydrogen) atoms. The smallest absolute Gasteiger partial charge is 0.317 e. The first-order valence-corrected chi connectivity index (χ1v) is 8.78. The Morgan fingerprint density at radius 3 is 2.37 bits per heavy atom. The maximum atomic E-state index is 13.5. The SMILES string of the molecule is COc1ccc(F)cc1C(=O)N1CCN(C(=O)NCc2ccccc2)CC1. The number of rotatable bonds is 4. The Labute approximate surface area is 157 Å². The van der Waals surface area contributed by atoms with E-state index in [0.717, 1.165) is 5.56 Å². The summed E-state index contributed by atoms with van der Waals surface area (Å²) in [6.07, 6.45) is 0. The largest absolute Gasteiger partial charge is 0.496 e. The maximum Gasteiger partial charge on any atom is 0.317 e. The number of nitrogens with one attached hydrogen (secondary N) is 1. The standard InChI is InChI=1S/C20H22FN3O3/c1-27-18-8-7-16(21)13-17(18)19(25)23-9-11-24(12-10-23)20(26)22-14-15-5-3-2-4-6-15/h2-8,13H,9-12,14H2,1H3,(H,22,26). The zero-order chi connectivity index (χ0) is 19.2. The molecule has 0 atom stereocenters. The van der Waals surface area contributed by atoms with Gasteiger partial charge < -0.3 is 19.9 Å². The highest BCUT2D eigenvalue weighted by Crippen LogP contribution is 2.21. The summed E-state index contributed by atoms with van der Waals surface area (Å²) in [5, 5.41) is 2.88. The van der Waals surface area contributed by atoms with Crippen molar-refractivity contribution in [1.82, 2.24) is 15.1 Å². The highest BCUT2D eigenvalue weighted by atomic mass is 19.1. The fraction of sp³-hybridized carbons (Fsp3) is 0.300. The fourth-order valence-electron chi connectivity index (χ4n) is 3.02. The van der Waals surface area contributed by atoms with Crippen LogP contribution in [0.5, 0.6) is 5.75 Å². The first kappa shape index (κ1) is 18.7. The first-order valence-electron chi connectivity index (χ1n) is 8.78. The van der Waals surface area contributed by atoms with E-state index in [2.05, 4.69) is 5.32 Å². The van der Waals surface area contributed by atoms with Gasteiger partial charge in [0.15, 0.2) is 0 Å². The van der Waals surface area contributed by atoms with Gasteiger partial charge in [0.2, 0.25) is 0 Å². The number of carbonyl (C=O) groups is 2. The lowest BCUT2D eigenvalue weighted by atomic mass is 10.1. The third-order valence-corrected chi connectivity index (χ3v) is 4.53. The summed E-state index contributed by atoms with van der Waals surface area (Å²) in [6.45, 7) is 2.07. The number of amides is 3. The Balaban J connectivity index is 1.54. The van der Waals surface area contributed by atoms with E-state index in [1.165, 1.54) is 25.3 Å². The molecule has 0 aromatic heterocycles. The normalized spacial score (nSPS) is 14.0. The summed E-state index contributed by atoms with van der Waals surface area (Å²) in [5.41, 5.74) is 1.22. The number of carbonyl (C=O) groups excluding carboxylic acids is 2. The minimum Gasteiger partial charge on any atom is -0.496 e. The Hall–Kier alpha value is -3.09. The Morgan fingerprint density at radius 2 is 1.70 bits per heavy atom. The monoisotopic (exact) mass is 371 g/mol. The summed E-state index contributed by atoms with van der Waals surface area (Å²) in [5.74, 6) is -0.446. The third kappa shape index (κ3) is 4.55. The molecule has 3 rings (SSSR count). The van der Waals surface area contributed by atoms with E-state index in [9.17, 15) is 14.0 Å². The molecule has 0 spiro atoms. The van der Waals surface area contributed by atoms with Gasteiger partial charge in [-0.25, -0.2) is 9.18 Å². The number of halogens is 1. The number of urea groups is 1. The van der Waals surface area contributed by atoms with Crippen LogP contribution in [0, 0.1) is 5.82 Å². The maximum absolute atomic E-state index is 13.5. The topological polar surface area (TPSA) is 61.9 Å². The molecule has 7 heteroatoms. The third-order valence-electron chi connectivity index (χ3n) is 4.53. The molecule has 0 saturated carbocycles. The van der Waals surface area contributed by atoms with Crippen LogP contribution in [-0.4, -0.2) is 55.0 Å². The number of hydrogen-bond acceptors (Lipinski definition) is 3. The van der Waals surface area contributed by atoms with E-state index < -0.39 is 5.82 Å². The van der Waals surface area contributed by atoms with Crippen molar-refractivity contribution in [2.75, 3.05) is 33.3 Å². The average Bonchev–Trinajstić information content (AvgIpc) is 2.72. The van der Waals surface area contributed by atoms with E-state index in [-0.39, 0.29) is 17.5 Å². The number of methoxy groups -OCH3 is 1. The Morgan fingerprint density at radius 1 is 1.04 bits per heavy atom. The van der Waals surface area contributed by atoms with Crippen LogP contribution in [0.3, 0.4) is 0 Å². The van der Waals surface area contributed by atoms with Crippen molar-refractivity contribution in [3.05, 3.63) is 65.5 Å². The van der Waals surface area contributed by atoms with Gasteiger partial charge in [-0.3, -0.25) is 4.79 Å². The van der Waals surface area contributed by atoms with Gasteiger partial charge in [-0.15, -0.1) is 0 Å². The number of ether oxygens (including phenoxy) is 1. The molecule has 1 aliphatic rings. The van der Waals surface area contributed by atoms with E-state index in [1.54, 1.807) is 9.80 Å². The average molecular weight is 371 g/mol. The van der Waals surface area contributed by atoms with Gasteiger partial charge in [0.25, 0.3) is 5.91 Å². The van der Waals surface area contributed by atoms with Gasteiger partial charge >= 0.3 is 6.03 Å². The van der Waals surface area contributed by atoms with Crippen LogP contribution in [0.25, 0.3) is 0 Å². The molecule has 1 saturated heterocycles. The van der Waals surface area contributed by atoms with Gasteiger partial charge in [0, 0.05) is 32.7 Å². The molecule has 2 aromatic rings. The molecule has 0 aliphatic carbocycles. The second-order valence-corrected chi connectivity index (χ2v) is 6.27. The summed E-state index contributed by atoms with van der Waals surface area (Å²) >= 11 is 0. The van der Waals surface area contributed by atoms with Crippen molar-refractivity contribution in [1.29, 1.82) is 0 Å².